The summed E-state index contributed by atoms with van der Waals surface area (Å²) in [6, 6.07) is 0. The average Bonchev–Trinajstić information content (AvgIpc) is 0. The maximum absolute atomic E-state index is 0. The van der Waals surface area contributed by atoms with Crippen LogP contribution in [0.4, 0.5) is 0 Å². The summed E-state index contributed by atoms with van der Waals surface area (Å²) in [4.78, 5) is 0. The van der Waals surface area contributed by atoms with Crippen LogP contribution < -0.4 is 62.0 Å². The Kier molecular flexibility index (Phi) is 991. The van der Waals surface area contributed by atoms with Crippen LogP contribution in [0.15, 0.2) is 0 Å². The van der Waals surface area contributed by atoms with Crippen LogP contribution in [0.5, 0.6) is 0 Å². The van der Waals surface area contributed by atoms with Gasteiger partial charge in [0.1, 0.15) is 0 Å². The zero-order valence-corrected chi connectivity index (χ0v) is 7.51. The van der Waals surface area contributed by atoms with Crippen LogP contribution in [0.2, 0.25) is 0 Å². The van der Waals surface area contributed by atoms with Gasteiger partial charge in [-0.25, -0.2) is 0 Å². The Hall–Kier alpha value is 2.03. The molecular weight excluding hydrogens is 228 g/mol. The predicted octanol–water partition coefficient (Wildman–Crippen LogP) is -15.0. The first-order chi connectivity index (χ1) is 0. The van der Waals surface area contributed by atoms with Gasteiger partial charge in [-0.1, -0.05) is 0 Å². The second-order valence-electron chi connectivity index (χ2n) is 0. The predicted molar refractivity (Wildman–Crippen MR) is 0 cm³/mol. The van der Waals surface area contributed by atoms with Crippen LogP contribution in [-0.2, 0) is 18.6 Å². The van der Waals surface area contributed by atoms with Crippen LogP contribution in [-0.4, -0.2) is 0 Å². The number of hydrogen-bond acceptors (Lipinski definition) is 0. The van der Waals surface area contributed by atoms with E-state index >= 15 is 0 Å². The fraction of sp³-hybridized carbons (Fsp3) is 0. The smallest absolute Gasteiger partial charge is 0 e. The van der Waals surface area contributed by atoms with Crippen molar-refractivity contribution in [3.63, 3.8) is 0 Å². The third-order valence-corrected chi connectivity index (χ3v) is 0. The molecule has 0 aliphatic carbocycles. The molecule has 0 aliphatic heterocycles. The topological polar surface area (TPSA) is 0 Å². The van der Waals surface area contributed by atoms with Crippen molar-refractivity contribution in [2.45, 2.75) is 0 Å². The molecule has 0 nitrogen and oxygen atoms in total. The Morgan fingerprint density at radius 1 is 0.333 bits per heavy atom. The summed E-state index contributed by atoms with van der Waals surface area (Å²) in [5.41, 5.74) is 0. The van der Waals surface area contributed by atoms with Crippen molar-refractivity contribution in [1.29, 1.82) is 0 Å². The summed E-state index contributed by atoms with van der Waals surface area (Å²) >= 11 is 0. The fourth-order valence-corrected chi connectivity index (χ4v) is 0. The minimum atomic E-state index is 0. The number of rotatable bonds is 0. The molecule has 0 aromatic carbocycles. The largest absolute Gasteiger partial charge is 1.00 e. The van der Waals surface area contributed by atoms with Crippen molar-refractivity contribution in [2.75, 3.05) is 0 Å². The Balaban J connectivity index is 0. The van der Waals surface area contributed by atoms with Crippen LogP contribution in [0.3, 0.4) is 0 Å². The van der Waals surface area contributed by atoms with Crippen LogP contribution >= 0.6 is 0 Å². The number of hydrogen-bond donors (Lipinski definition) is 0. The van der Waals surface area contributed by atoms with Gasteiger partial charge in [0.05, 0.1) is 0 Å². The summed E-state index contributed by atoms with van der Waals surface area (Å²) in [6.45, 7) is 0. The third-order valence-electron chi connectivity index (χ3n) is 0. The van der Waals surface area contributed by atoms with Crippen molar-refractivity contribution in [1.82, 2.24) is 0 Å². The number of halogens is 5. The zero-order valence-electron chi connectivity index (χ0n) is 2.34. The van der Waals surface area contributed by atoms with E-state index in [-0.39, 0.29) is 80.6 Å². The first-order valence-corrected chi connectivity index (χ1v) is 0. The Bertz CT molecular complexity index is 3.90. The van der Waals surface area contributed by atoms with Gasteiger partial charge >= 0.3 is 0 Å². The van der Waals surface area contributed by atoms with E-state index in [4.69, 9.17) is 0 Å². The van der Waals surface area contributed by atoms with Crippen molar-refractivity contribution in [2.24, 2.45) is 0 Å². The van der Waals surface area contributed by atoms with Gasteiger partial charge in [0, 0.05) is 18.6 Å². The van der Waals surface area contributed by atoms with Crippen molar-refractivity contribution in [3.05, 3.63) is 0 Å². The van der Waals surface area contributed by atoms with Gasteiger partial charge < -0.3 is 62.0 Å². The van der Waals surface area contributed by atoms with E-state index in [1.165, 1.54) is 0 Å². The second-order valence-corrected chi connectivity index (χ2v) is 0. The molecule has 0 rings (SSSR count). The minimum absolute atomic E-state index is 0. The third kappa shape index (κ3) is 37.0. The van der Waals surface area contributed by atoms with Crippen molar-refractivity contribution in [3.8, 4) is 0 Å². The molecule has 6 heteroatoms. The summed E-state index contributed by atoms with van der Waals surface area (Å²) in [7, 11) is 0. The van der Waals surface area contributed by atoms with Gasteiger partial charge in [0.25, 0.3) is 0 Å². The van der Waals surface area contributed by atoms with Gasteiger partial charge in [-0.15, -0.1) is 0 Å². The molecule has 0 N–H and O–H groups in total. The molecule has 0 bridgehead atoms. The molecule has 0 aliphatic rings. The van der Waals surface area contributed by atoms with E-state index in [1.54, 1.807) is 0 Å². The molecule has 0 atom stereocenters. The van der Waals surface area contributed by atoms with Crippen LogP contribution in [0, 0.1) is 0 Å². The molecule has 0 fully saturated rings. The summed E-state index contributed by atoms with van der Waals surface area (Å²) in [5.74, 6) is 0. The maximum atomic E-state index is 0. The van der Waals surface area contributed by atoms with Gasteiger partial charge in [0.2, 0.25) is 0 Å². The van der Waals surface area contributed by atoms with Gasteiger partial charge in [0.15, 0.2) is 0 Å². The van der Waals surface area contributed by atoms with Crippen LogP contribution in [0.25, 0.3) is 0 Å². The van der Waals surface area contributed by atoms with E-state index in [2.05, 4.69) is 0 Å². The Morgan fingerprint density at radius 3 is 0.333 bits per heavy atom. The molecule has 0 saturated carbocycles. The Labute approximate surface area is 80.1 Å². The molecular formula is Cl5V-5. The SMILES string of the molecule is [Cl-].[Cl-].[Cl-].[Cl-].[Cl-].[V]. The van der Waals surface area contributed by atoms with E-state index in [0.29, 0.717) is 0 Å². The van der Waals surface area contributed by atoms with E-state index < -0.39 is 0 Å². The van der Waals surface area contributed by atoms with E-state index in [1.807, 2.05) is 0 Å². The standard InChI is InChI=1S/5ClH.V/h5*1H;/p-5. The summed E-state index contributed by atoms with van der Waals surface area (Å²) in [5, 5.41) is 0. The van der Waals surface area contributed by atoms with E-state index in [0.717, 1.165) is 0 Å². The van der Waals surface area contributed by atoms with Crippen molar-refractivity contribution >= 4 is 0 Å². The van der Waals surface area contributed by atoms with Crippen LogP contribution in [0.1, 0.15) is 0 Å². The second kappa shape index (κ2) is 61.9. The normalized spacial score (nSPS) is 0. The molecule has 0 spiro atoms. The van der Waals surface area contributed by atoms with Crippen molar-refractivity contribution < 1.29 is 80.6 Å². The van der Waals surface area contributed by atoms with E-state index in [9.17, 15) is 0 Å². The molecule has 0 heterocycles. The molecule has 1 radical (unpaired) electrons. The molecule has 0 aromatic rings. The monoisotopic (exact) mass is 226 g/mol. The molecule has 0 amide bonds. The maximum Gasteiger partial charge on any atom is 0 e. The van der Waals surface area contributed by atoms with Gasteiger partial charge in [-0.05, 0) is 0 Å². The molecule has 0 unspecified atom stereocenters. The molecule has 45 valence electrons. The van der Waals surface area contributed by atoms with Gasteiger partial charge in [-0.3, -0.25) is 0 Å². The molecule has 6 heavy (non-hydrogen) atoms. The fourth-order valence-electron chi connectivity index (χ4n) is 0. The Morgan fingerprint density at radius 2 is 0.333 bits per heavy atom. The summed E-state index contributed by atoms with van der Waals surface area (Å²) in [6.07, 6.45) is 0. The van der Waals surface area contributed by atoms with Gasteiger partial charge in [-0.2, -0.15) is 0 Å². The first kappa shape index (κ1) is 96.1. The minimum Gasteiger partial charge on any atom is -1.00 e. The summed E-state index contributed by atoms with van der Waals surface area (Å²) < 4.78 is 0. The molecule has 0 saturated heterocycles. The first-order valence-electron chi connectivity index (χ1n) is 0. The average molecular weight is 228 g/mol. The quantitative estimate of drug-likeness (QED) is 0.386. The zero-order chi connectivity index (χ0) is 0. The molecule has 0 aromatic heterocycles.